The van der Waals surface area contributed by atoms with Crippen LogP contribution in [0.15, 0.2) is 11.3 Å². The molecule has 0 fully saturated rings. The van der Waals surface area contributed by atoms with Crippen molar-refractivity contribution >= 4 is 8.32 Å². The van der Waals surface area contributed by atoms with E-state index in [0.29, 0.717) is 0 Å². The number of allylic oxidation sites excluding steroid dienone is 2. The fraction of sp³-hybridized carbons (Fsp3) is 0.833. The van der Waals surface area contributed by atoms with Gasteiger partial charge in [0.1, 0.15) is 0 Å². The smallest absolute Gasteiger partial charge is 0.241 e. The lowest BCUT2D eigenvalue weighted by Gasteiger charge is -2.21. The average Bonchev–Trinajstić information content (AvgIpc) is 2.01. The molecule has 0 spiro atoms. The van der Waals surface area contributed by atoms with Gasteiger partial charge in [-0.25, -0.2) is 0 Å². The highest BCUT2D eigenvalue weighted by molar-refractivity contribution is 6.70. The predicted molar refractivity (Wildman–Crippen MR) is 66.9 cm³/mol. The van der Waals surface area contributed by atoms with Gasteiger partial charge >= 0.3 is 0 Å². The number of unbranched alkanes of at least 4 members (excludes halogenated alkanes) is 2. The maximum Gasteiger partial charge on any atom is 0.241 e. The van der Waals surface area contributed by atoms with E-state index in [-0.39, 0.29) is 0 Å². The van der Waals surface area contributed by atoms with E-state index in [1.165, 1.54) is 37.0 Å². The molecule has 0 saturated heterocycles. The maximum atomic E-state index is 5.95. The van der Waals surface area contributed by atoms with Gasteiger partial charge < -0.3 is 4.43 Å². The average molecular weight is 214 g/mol. The Bertz CT molecular complexity index is 189. The minimum atomic E-state index is -1.39. The molecule has 0 aromatic carbocycles. The minimum Gasteiger partial charge on any atom is -0.548 e. The molecule has 84 valence electrons. The van der Waals surface area contributed by atoms with Gasteiger partial charge in [-0.05, 0) is 51.9 Å². The Labute approximate surface area is 90.7 Å². The molecule has 0 atom stereocenters. The van der Waals surface area contributed by atoms with Crippen LogP contribution in [0, 0.1) is 0 Å². The largest absolute Gasteiger partial charge is 0.548 e. The summed E-state index contributed by atoms with van der Waals surface area (Å²) in [5.74, 6) is 1.17. The third kappa shape index (κ3) is 7.19. The Hall–Kier alpha value is -0.243. The summed E-state index contributed by atoms with van der Waals surface area (Å²) >= 11 is 0. The van der Waals surface area contributed by atoms with Gasteiger partial charge in [-0.15, -0.1) is 0 Å². The van der Waals surface area contributed by atoms with Crippen molar-refractivity contribution in [1.82, 2.24) is 0 Å². The van der Waals surface area contributed by atoms with Crippen LogP contribution >= 0.6 is 0 Å². The second kappa shape index (κ2) is 6.28. The molecule has 1 nitrogen and oxygen atoms in total. The van der Waals surface area contributed by atoms with Crippen molar-refractivity contribution in [3.8, 4) is 0 Å². The Balaban J connectivity index is 4.02. The van der Waals surface area contributed by atoms with E-state index < -0.39 is 8.32 Å². The molecule has 2 heteroatoms. The lowest BCUT2D eigenvalue weighted by atomic mass is 10.1. The van der Waals surface area contributed by atoms with E-state index in [9.17, 15) is 0 Å². The first-order valence-electron chi connectivity index (χ1n) is 5.72. The lowest BCUT2D eigenvalue weighted by molar-refractivity contribution is 0.414. The van der Waals surface area contributed by atoms with Crippen LogP contribution in [0.3, 0.4) is 0 Å². The van der Waals surface area contributed by atoms with Gasteiger partial charge in [0.05, 0.1) is 5.76 Å². The van der Waals surface area contributed by atoms with E-state index in [1.807, 2.05) is 0 Å². The van der Waals surface area contributed by atoms with Gasteiger partial charge in [-0.1, -0.05) is 19.8 Å². The molecular weight excluding hydrogens is 188 g/mol. The van der Waals surface area contributed by atoms with Crippen LogP contribution < -0.4 is 0 Å². The van der Waals surface area contributed by atoms with Crippen LogP contribution in [0.25, 0.3) is 0 Å². The molecule has 0 amide bonds. The predicted octanol–water partition coefficient (Wildman–Crippen LogP) is 4.71. The highest BCUT2D eigenvalue weighted by atomic mass is 28.4. The van der Waals surface area contributed by atoms with Crippen molar-refractivity contribution in [3.63, 3.8) is 0 Å². The van der Waals surface area contributed by atoms with E-state index in [0.717, 1.165) is 0 Å². The lowest BCUT2D eigenvalue weighted by Crippen LogP contribution is -2.24. The standard InChI is InChI=1S/C12H26OSi/c1-7-8-9-10-11(2)12(3)13-14(4,5)6/h7-10H2,1-6H3. The highest BCUT2D eigenvalue weighted by Crippen LogP contribution is 2.17. The zero-order chi connectivity index (χ0) is 11.2. The van der Waals surface area contributed by atoms with E-state index in [1.54, 1.807) is 0 Å². The summed E-state index contributed by atoms with van der Waals surface area (Å²) in [4.78, 5) is 0. The number of hydrogen-bond donors (Lipinski definition) is 0. The molecule has 0 aromatic heterocycles. The first-order chi connectivity index (χ1) is 6.37. The van der Waals surface area contributed by atoms with Crippen LogP contribution in [-0.4, -0.2) is 8.32 Å². The van der Waals surface area contributed by atoms with Crippen molar-refractivity contribution in [1.29, 1.82) is 0 Å². The van der Waals surface area contributed by atoms with E-state index >= 15 is 0 Å². The molecule has 0 aliphatic carbocycles. The van der Waals surface area contributed by atoms with Crippen molar-refractivity contribution in [2.75, 3.05) is 0 Å². The first-order valence-corrected chi connectivity index (χ1v) is 9.13. The van der Waals surface area contributed by atoms with Crippen LogP contribution in [0.2, 0.25) is 19.6 Å². The van der Waals surface area contributed by atoms with E-state index in [2.05, 4.69) is 40.4 Å². The van der Waals surface area contributed by atoms with Crippen LogP contribution in [0.4, 0.5) is 0 Å². The molecule has 0 aromatic rings. The van der Waals surface area contributed by atoms with Gasteiger partial charge in [-0.2, -0.15) is 0 Å². The van der Waals surface area contributed by atoms with Crippen molar-refractivity contribution in [2.24, 2.45) is 0 Å². The summed E-state index contributed by atoms with van der Waals surface area (Å²) in [6.07, 6.45) is 5.12. The normalized spacial score (nSPS) is 13.9. The Morgan fingerprint density at radius 3 is 2.07 bits per heavy atom. The molecule has 0 radical (unpaired) electrons. The van der Waals surface area contributed by atoms with Gasteiger partial charge in [0.15, 0.2) is 0 Å². The third-order valence-electron chi connectivity index (χ3n) is 2.22. The van der Waals surface area contributed by atoms with Crippen molar-refractivity contribution in [3.05, 3.63) is 11.3 Å². The molecule has 0 N–H and O–H groups in total. The molecule has 0 heterocycles. The first kappa shape index (κ1) is 13.8. The Morgan fingerprint density at radius 2 is 1.64 bits per heavy atom. The van der Waals surface area contributed by atoms with Crippen LogP contribution in [0.1, 0.15) is 46.5 Å². The summed E-state index contributed by atoms with van der Waals surface area (Å²) < 4.78 is 5.95. The third-order valence-corrected chi connectivity index (χ3v) is 3.13. The molecule has 0 aliphatic rings. The van der Waals surface area contributed by atoms with Gasteiger partial charge in [0.2, 0.25) is 8.32 Å². The molecule has 0 rings (SSSR count). The fourth-order valence-electron chi connectivity index (χ4n) is 1.36. The fourth-order valence-corrected chi connectivity index (χ4v) is 2.46. The Kier molecular flexibility index (Phi) is 6.17. The summed E-state index contributed by atoms with van der Waals surface area (Å²) in [6, 6.07) is 0. The zero-order valence-corrected chi connectivity index (χ0v) is 11.7. The molecular formula is C12H26OSi. The van der Waals surface area contributed by atoms with Crippen LogP contribution in [-0.2, 0) is 4.43 Å². The molecule has 0 bridgehead atoms. The number of rotatable bonds is 6. The van der Waals surface area contributed by atoms with Gasteiger partial charge in [0, 0.05) is 0 Å². The van der Waals surface area contributed by atoms with Crippen molar-refractivity contribution < 1.29 is 4.43 Å². The molecule has 0 saturated carbocycles. The summed E-state index contributed by atoms with van der Waals surface area (Å²) in [5.41, 5.74) is 1.43. The second-order valence-corrected chi connectivity index (χ2v) is 9.44. The zero-order valence-electron chi connectivity index (χ0n) is 10.7. The minimum absolute atomic E-state index is 1.17. The second-order valence-electron chi connectivity index (χ2n) is 5.01. The van der Waals surface area contributed by atoms with Gasteiger partial charge in [-0.3, -0.25) is 0 Å². The molecule has 0 aliphatic heterocycles. The van der Waals surface area contributed by atoms with Crippen LogP contribution in [0.5, 0.6) is 0 Å². The van der Waals surface area contributed by atoms with E-state index in [4.69, 9.17) is 4.43 Å². The highest BCUT2D eigenvalue weighted by Gasteiger charge is 2.16. The number of hydrogen-bond acceptors (Lipinski definition) is 1. The topological polar surface area (TPSA) is 9.23 Å². The Morgan fingerprint density at radius 1 is 1.07 bits per heavy atom. The maximum absolute atomic E-state index is 5.95. The SMILES string of the molecule is CCCCCC(C)=C(C)O[Si](C)(C)C. The van der Waals surface area contributed by atoms with Crippen molar-refractivity contribution in [2.45, 2.75) is 66.1 Å². The molecule has 0 unspecified atom stereocenters. The summed E-state index contributed by atoms with van der Waals surface area (Å²) in [5, 5.41) is 0. The summed E-state index contributed by atoms with van der Waals surface area (Å²) in [6.45, 7) is 13.2. The monoisotopic (exact) mass is 214 g/mol. The molecule has 14 heavy (non-hydrogen) atoms. The van der Waals surface area contributed by atoms with Gasteiger partial charge in [0.25, 0.3) is 0 Å². The quantitative estimate of drug-likeness (QED) is 0.353. The summed E-state index contributed by atoms with van der Waals surface area (Å²) in [7, 11) is -1.39.